The number of benzene rings is 2. The third-order valence-corrected chi connectivity index (χ3v) is 4.25. The number of carbonyl (C=O) groups excluding carboxylic acids is 2. The van der Waals surface area contributed by atoms with E-state index in [1.54, 1.807) is 33.3 Å². The van der Waals surface area contributed by atoms with Crippen molar-refractivity contribution in [3.05, 3.63) is 65.7 Å². The number of ether oxygens (including phenoxy) is 2. The molecule has 28 heavy (non-hydrogen) atoms. The van der Waals surface area contributed by atoms with Crippen LogP contribution in [0.15, 0.2) is 54.6 Å². The van der Waals surface area contributed by atoms with E-state index in [9.17, 15) is 9.59 Å². The van der Waals surface area contributed by atoms with Crippen LogP contribution in [0.5, 0.6) is 11.5 Å². The molecule has 2 rings (SSSR count). The van der Waals surface area contributed by atoms with Crippen LogP contribution in [0.2, 0.25) is 0 Å². The van der Waals surface area contributed by atoms with Gasteiger partial charge in [-0.05, 0) is 43.2 Å². The molecule has 6 nitrogen and oxygen atoms in total. The molecule has 0 aromatic heterocycles. The molecule has 2 aromatic carbocycles. The van der Waals surface area contributed by atoms with Crippen molar-refractivity contribution in [2.24, 2.45) is 0 Å². The highest BCUT2D eigenvalue weighted by Gasteiger charge is 2.18. The maximum Gasteiger partial charge on any atom is 0.244 e. The average molecular weight is 382 g/mol. The summed E-state index contributed by atoms with van der Waals surface area (Å²) in [4.78, 5) is 24.4. The molecule has 0 saturated carbocycles. The van der Waals surface area contributed by atoms with Crippen LogP contribution in [-0.2, 0) is 9.59 Å². The largest absolute Gasteiger partial charge is 0.493 e. The molecule has 2 N–H and O–H groups in total. The Balaban J connectivity index is 1.92. The fraction of sp³-hybridized carbons (Fsp3) is 0.273. The summed E-state index contributed by atoms with van der Waals surface area (Å²) in [6.07, 6.45) is 3.11. The number of amides is 2. The Morgan fingerprint density at radius 1 is 0.929 bits per heavy atom. The highest BCUT2D eigenvalue weighted by Crippen LogP contribution is 2.29. The summed E-state index contributed by atoms with van der Waals surface area (Å²) >= 11 is 0. The summed E-state index contributed by atoms with van der Waals surface area (Å²) in [6.45, 7) is 3.51. The maximum atomic E-state index is 12.4. The van der Waals surface area contributed by atoms with E-state index >= 15 is 0 Å². The lowest BCUT2D eigenvalue weighted by molar-refractivity contribution is -0.127. The topological polar surface area (TPSA) is 76.7 Å². The van der Waals surface area contributed by atoms with Crippen LogP contribution < -0.4 is 20.1 Å². The maximum absolute atomic E-state index is 12.4. The van der Waals surface area contributed by atoms with Crippen molar-refractivity contribution >= 4 is 17.9 Å². The third-order valence-electron chi connectivity index (χ3n) is 4.25. The van der Waals surface area contributed by atoms with Crippen molar-refractivity contribution < 1.29 is 19.1 Å². The monoisotopic (exact) mass is 382 g/mol. The Labute approximate surface area is 165 Å². The van der Waals surface area contributed by atoms with E-state index in [2.05, 4.69) is 10.6 Å². The summed E-state index contributed by atoms with van der Waals surface area (Å²) in [5.74, 6) is 0.609. The first-order valence-electron chi connectivity index (χ1n) is 9.00. The van der Waals surface area contributed by atoms with Gasteiger partial charge in [0.05, 0.1) is 20.3 Å². The van der Waals surface area contributed by atoms with Gasteiger partial charge in [-0.15, -0.1) is 0 Å². The van der Waals surface area contributed by atoms with Gasteiger partial charge < -0.3 is 20.1 Å². The van der Waals surface area contributed by atoms with Crippen molar-refractivity contribution in [1.29, 1.82) is 0 Å². The second-order valence-electron chi connectivity index (χ2n) is 6.32. The second kappa shape index (κ2) is 10.2. The Hall–Kier alpha value is -3.28. The first kappa shape index (κ1) is 21.0. The zero-order chi connectivity index (χ0) is 20.5. The minimum absolute atomic E-state index is 0.258. The van der Waals surface area contributed by atoms with Crippen LogP contribution >= 0.6 is 0 Å². The predicted octanol–water partition coefficient (Wildman–Crippen LogP) is 3.10. The van der Waals surface area contributed by atoms with Crippen molar-refractivity contribution in [3.63, 3.8) is 0 Å². The zero-order valence-corrected chi connectivity index (χ0v) is 16.6. The van der Waals surface area contributed by atoms with Gasteiger partial charge in [0.25, 0.3) is 0 Å². The molecule has 0 saturated heterocycles. The normalized spacial score (nSPS) is 12.9. The molecule has 0 aliphatic carbocycles. The highest BCUT2D eigenvalue weighted by molar-refractivity contribution is 5.95. The lowest BCUT2D eigenvalue weighted by Gasteiger charge is -2.19. The molecule has 0 bridgehead atoms. The summed E-state index contributed by atoms with van der Waals surface area (Å²) in [7, 11) is 3.13. The van der Waals surface area contributed by atoms with Gasteiger partial charge >= 0.3 is 0 Å². The molecule has 0 spiro atoms. The number of nitrogens with one attached hydrogen (secondary N) is 2. The Bertz CT molecular complexity index is 834. The quantitative estimate of drug-likeness (QED) is 0.688. The van der Waals surface area contributed by atoms with Crippen LogP contribution in [0.3, 0.4) is 0 Å². The molecule has 2 amide bonds. The number of hydrogen-bond acceptors (Lipinski definition) is 4. The molecule has 2 unspecified atom stereocenters. The number of methoxy groups -OCH3 is 2. The molecule has 2 atom stereocenters. The average Bonchev–Trinajstić information content (AvgIpc) is 2.72. The van der Waals surface area contributed by atoms with Gasteiger partial charge in [0.1, 0.15) is 6.04 Å². The second-order valence-corrected chi connectivity index (χ2v) is 6.32. The Morgan fingerprint density at radius 3 is 2.25 bits per heavy atom. The fourth-order valence-corrected chi connectivity index (χ4v) is 2.61. The van der Waals surface area contributed by atoms with Crippen molar-refractivity contribution in [2.75, 3.05) is 14.2 Å². The molecular formula is C22H26N2O4. The van der Waals surface area contributed by atoms with Gasteiger partial charge in [0, 0.05) is 6.08 Å². The Kier molecular flexibility index (Phi) is 7.63. The molecular weight excluding hydrogens is 356 g/mol. The van der Waals surface area contributed by atoms with Gasteiger partial charge in [0.2, 0.25) is 11.8 Å². The summed E-state index contributed by atoms with van der Waals surface area (Å²) < 4.78 is 10.5. The number of rotatable bonds is 8. The van der Waals surface area contributed by atoms with E-state index in [0.29, 0.717) is 11.5 Å². The van der Waals surface area contributed by atoms with Crippen LogP contribution in [0.1, 0.15) is 31.0 Å². The summed E-state index contributed by atoms with van der Waals surface area (Å²) in [6, 6.07) is 14.0. The highest BCUT2D eigenvalue weighted by atomic mass is 16.5. The molecule has 6 heteroatoms. The number of carbonyl (C=O) groups is 2. The van der Waals surface area contributed by atoms with E-state index < -0.39 is 6.04 Å². The van der Waals surface area contributed by atoms with Gasteiger partial charge in [-0.1, -0.05) is 36.4 Å². The van der Waals surface area contributed by atoms with Crippen molar-refractivity contribution in [1.82, 2.24) is 10.6 Å². The van der Waals surface area contributed by atoms with Gasteiger partial charge in [-0.3, -0.25) is 9.59 Å². The van der Waals surface area contributed by atoms with E-state index in [-0.39, 0.29) is 17.9 Å². The van der Waals surface area contributed by atoms with E-state index in [1.807, 2.05) is 49.4 Å². The summed E-state index contributed by atoms with van der Waals surface area (Å²) in [5, 5.41) is 5.55. The molecule has 0 fully saturated rings. The van der Waals surface area contributed by atoms with Crippen LogP contribution in [0.25, 0.3) is 6.08 Å². The first-order chi connectivity index (χ1) is 13.4. The number of hydrogen-bond donors (Lipinski definition) is 2. The van der Waals surface area contributed by atoms with Crippen LogP contribution in [0, 0.1) is 0 Å². The van der Waals surface area contributed by atoms with Crippen molar-refractivity contribution in [2.45, 2.75) is 25.9 Å². The van der Waals surface area contributed by atoms with E-state index in [1.165, 1.54) is 6.08 Å². The lowest BCUT2D eigenvalue weighted by atomic mass is 10.1. The van der Waals surface area contributed by atoms with Gasteiger partial charge in [-0.25, -0.2) is 0 Å². The van der Waals surface area contributed by atoms with Gasteiger partial charge in [-0.2, -0.15) is 0 Å². The first-order valence-corrected chi connectivity index (χ1v) is 9.00. The minimum atomic E-state index is -0.671. The van der Waals surface area contributed by atoms with Crippen LogP contribution in [0.4, 0.5) is 0 Å². The Morgan fingerprint density at radius 2 is 1.61 bits per heavy atom. The van der Waals surface area contributed by atoms with E-state index in [0.717, 1.165) is 11.1 Å². The smallest absolute Gasteiger partial charge is 0.244 e. The SMILES string of the molecule is COc1ccc(C(C)NC(=O)C(C)NC(=O)/C=C/c2ccccc2)cc1OC. The standard InChI is InChI=1S/C22H26N2O4/c1-15(18-11-12-19(27-3)20(14-18)28-4)24-22(26)16(2)23-21(25)13-10-17-8-6-5-7-9-17/h5-16H,1-4H3,(H,23,25)(H,24,26)/b13-10+. The van der Waals surface area contributed by atoms with E-state index in [4.69, 9.17) is 9.47 Å². The lowest BCUT2D eigenvalue weighted by Crippen LogP contribution is -2.45. The molecule has 0 heterocycles. The fourth-order valence-electron chi connectivity index (χ4n) is 2.61. The molecule has 0 aliphatic heterocycles. The van der Waals surface area contributed by atoms with Crippen LogP contribution in [-0.4, -0.2) is 32.1 Å². The zero-order valence-electron chi connectivity index (χ0n) is 16.6. The molecule has 2 aromatic rings. The molecule has 148 valence electrons. The van der Waals surface area contributed by atoms with Crippen molar-refractivity contribution in [3.8, 4) is 11.5 Å². The van der Waals surface area contributed by atoms with Gasteiger partial charge in [0.15, 0.2) is 11.5 Å². The summed E-state index contributed by atoms with van der Waals surface area (Å²) in [5.41, 5.74) is 1.78. The molecule has 0 aliphatic rings. The molecule has 0 radical (unpaired) electrons. The third kappa shape index (κ3) is 5.87. The minimum Gasteiger partial charge on any atom is -0.493 e. The predicted molar refractivity (Wildman–Crippen MR) is 109 cm³/mol.